The predicted molar refractivity (Wildman–Crippen MR) is 69.4 cm³/mol. The van der Waals surface area contributed by atoms with Crippen LogP contribution in [0.4, 0.5) is 0 Å². The fourth-order valence-corrected chi connectivity index (χ4v) is 1.41. The minimum absolute atomic E-state index is 0.259. The number of Topliss-reactive ketones (excluding diaryl/α,β-unsaturated/α-hetero) is 1. The molecule has 0 aliphatic heterocycles. The number of hydrogen-bond acceptors (Lipinski definition) is 4. The van der Waals surface area contributed by atoms with E-state index in [1.807, 2.05) is 30.3 Å². The molecule has 0 spiro atoms. The van der Waals surface area contributed by atoms with Gasteiger partial charge < -0.3 is 4.74 Å². The Hall–Kier alpha value is -1.97. The molecule has 0 saturated heterocycles. The van der Waals surface area contributed by atoms with Gasteiger partial charge in [-0.25, -0.2) is 0 Å². The van der Waals surface area contributed by atoms with Crippen molar-refractivity contribution in [2.45, 2.75) is 20.4 Å². The van der Waals surface area contributed by atoms with Crippen molar-refractivity contribution in [3.63, 3.8) is 0 Å². The molecule has 4 nitrogen and oxygen atoms in total. The predicted octanol–water partition coefficient (Wildman–Crippen LogP) is 2.03. The molecule has 0 N–H and O–H groups in total. The Kier molecular flexibility index (Phi) is 5.77. The fourth-order valence-electron chi connectivity index (χ4n) is 1.41. The topological polar surface area (TPSA) is 55.7 Å². The zero-order chi connectivity index (χ0) is 13.4. The van der Waals surface area contributed by atoms with E-state index in [0.29, 0.717) is 6.54 Å². The van der Waals surface area contributed by atoms with E-state index in [2.05, 4.69) is 4.99 Å². The highest BCUT2D eigenvalue weighted by Gasteiger charge is 2.22. The lowest BCUT2D eigenvalue weighted by Crippen LogP contribution is -2.25. The number of hydrogen-bond donors (Lipinski definition) is 0. The number of carbonyl (C=O) groups is 2. The van der Waals surface area contributed by atoms with Crippen molar-refractivity contribution >= 4 is 18.0 Å². The second kappa shape index (κ2) is 7.37. The van der Waals surface area contributed by atoms with Crippen molar-refractivity contribution in [1.29, 1.82) is 0 Å². The zero-order valence-electron chi connectivity index (χ0n) is 10.6. The summed E-state index contributed by atoms with van der Waals surface area (Å²) in [4.78, 5) is 26.9. The van der Waals surface area contributed by atoms with Gasteiger partial charge in [0, 0.05) is 6.21 Å². The molecule has 0 unspecified atom stereocenters. The summed E-state index contributed by atoms with van der Waals surface area (Å²) in [6.07, 6.45) is 1.37. The zero-order valence-corrected chi connectivity index (χ0v) is 10.6. The molecule has 1 aromatic carbocycles. The molecule has 0 radical (unpaired) electrons. The smallest absolute Gasteiger partial charge is 0.321 e. The highest BCUT2D eigenvalue weighted by molar-refractivity contribution is 6.11. The second-order valence-corrected chi connectivity index (χ2v) is 3.82. The van der Waals surface area contributed by atoms with Gasteiger partial charge in [0.2, 0.25) is 0 Å². The van der Waals surface area contributed by atoms with Crippen LogP contribution in [0.2, 0.25) is 0 Å². The number of ether oxygens (including phenoxy) is 1. The Labute approximate surface area is 107 Å². The molecule has 0 amide bonds. The van der Waals surface area contributed by atoms with E-state index in [-0.39, 0.29) is 12.4 Å². The van der Waals surface area contributed by atoms with Crippen LogP contribution in [0.5, 0.6) is 0 Å². The number of ketones is 1. The van der Waals surface area contributed by atoms with Gasteiger partial charge in [-0.1, -0.05) is 30.3 Å². The largest absolute Gasteiger partial charge is 0.465 e. The summed E-state index contributed by atoms with van der Waals surface area (Å²) in [5, 5.41) is 0. The molecule has 0 heterocycles. The first kappa shape index (κ1) is 14.1. The molecule has 0 bridgehead atoms. The molecule has 18 heavy (non-hydrogen) atoms. The summed E-state index contributed by atoms with van der Waals surface area (Å²) < 4.78 is 4.82. The summed E-state index contributed by atoms with van der Waals surface area (Å²) in [6, 6.07) is 9.62. The van der Waals surface area contributed by atoms with E-state index in [0.717, 1.165) is 5.56 Å². The van der Waals surface area contributed by atoms with Crippen LogP contribution in [0.3, 0.4) is 0 Å². The Morgan fingerprint density at radius 2 is 2.00 bits per heavy atom. The number of rotatable bonds is 6. The van der Waals surface area contributed by atoms with E-state index >= 15 is 0 Å². The van der Waals surface area contributed by atoms with Gasteiger partial charge in [-0.15, -0.1) is 0 Å². The quantitative estimate of drug-likeness (QED) is 0.439. The highest BCUT2D eigenvalue weighted by Crippen LogP contribution is 2.03. The summed E-state index contributed by atoms with van der Waals surface area (Å²) >= 11 is 0. The molecule has 0 fully saturated rings. The van der Waals surface area contributed by atoms with Crippen molar-refractivity contribution < 1.29 is 14.3 Å². The van der Waals surface area contributed by atoms with Crippen LogP contribution in [0.1, 0.15) is 19.4 Å². The first-order valence-electron chi connectivity index (χ1n) is 5.86. The molecule has 0 aromatic heterocycles. The second-order valence-electron chi connectivity index (χ2n) is 3.82. The Morgan fingerprint density at radius 3 is 2.56 bits per heavy atom. The average molecular weight is 247 g/mol. The van der Waals surface area contributed by atoms with Crippen LogP contribution >= 0.6 is 0 Å². The Balaban J connectivity index is 2.61. The van der Waals surface area contributed by atoms with Crippen molar-refractivity contribution in [1.82, 2.24) is 0 Å². The molecular weight excluding hydrogens is 230 g/mol. The number of nitrogens with zero attached hydrogens (tertiary/aromatic N) is 1. The van der Waals surface area contributed by atoms with E-state index in [1.54, 1.807) is 6.92 Å². The summed E-state index contributed by atoms with van der Waals surface area (Å²) in [7, 11) is 0. The van der Waals surface area contributed by atoms with Crippen molar-refractivity contribution in [3.8, 4) is 0 Å². The number of aliphatic imine (C=N–C) groups is 1. The SMILES string of the molecule is CCOC(=O)[C@@H](C=NCc1ccccc1)C(C)=O. The van der Waals surface area contributed by atoms with Gasteiger partial charge in [-0.05, 0) is 19.4 Å². The summed E-state index contributed by atoms with van der Waals surface area (Å²) in [6.45, 7) is 3.77. The van der Waals surface area contributed by atoms with E-state index in [9.17, 15) is 9.59 Å². The van der Waals surface area contributed by atoms with Crippen LogP contribution in [0.25, 0.3) is 0 Å². The first-order chi connectivity index (χ1) is 8.65. The van der Waals surface area contributed by atoms with Gasteiger partial charge in [0.25, 0.3) is 0 Å². The lowest BCUT2D eigenvalue weighted by Gasteiger charge is -2.07. The molecule has 96 valence electrons. The van der Waals surface area contributed by atoms with Crippen molar-refractivity contribution in [2.24, 2.45) is 10.9 Å². The molecule has 0 saturated carbocycles. The fraction of sp³-hybridized carbons (Fsp3) is 0.357. The minimum atomic E-state index is -0.895. The number of esters is 1. The molecule has 4 heteroatoms. The first-order valence-corrected chi connectivity index (χ1v) is 5.86. The molecule has 1 atom stereocenters. The van der Waals surface area contributed by atoms with Crippen LogP contribution in [0, 0.1) is 5.92 Å². The molecule has 0 aliphatic carbocycles. The van der Waals surface area contributed by atoms with Gasteiger partial charge in [0.05, 0.1) is 13.2 Å². The normalized spacial score (nSPS) is 12.3. The standard InChI is InChI=1S/C14H17NO3/c1-3-18-14(17)13(11(2)16)10-15-9-12-7-5-4-6-8-12/h4-8,10,13H,3,9H2,1-2H3/t13-/m0/s1. The third kappa shape index (κ3) is 4.49. The third-order valence-corrected chi connectivity index (χ3v) is 2.35. The van der Waals surface area contributed by atoms with Crippen LogP contribution < -0.4 is 0 Å². The lowest BCUT2D eigenvalue weighted by atomic mass is 10.1. The monoisotopic (exact) mass is 247 g/mol. The number of carbonyl (C=O) groups excluding carboxylic acids is 2. The van der Waals surface area contributed by atoms with E-state index in [1.165, 1.54) is 13.1 Å². The van der Waals surface area contributed by atoms with Gasteiger partial charge in [0.15, 0.2) is 0 Å². The molecule has 1 aromatic rings. The van der Waals surface area contributed by atoms with Gasteiger partial charge >= 0.3 is 5.97 Å². The third-order valence-electron chi connectivity index (χ3n) is 2.35. The molecular formula is C14H17NO3. The maximum absolute atomic E-state index is 11.5. The van der Waals surface area contributed by atoms with E-state index < -0.39 is 11.9 Å². The van der Waals surface area contributed by atoms with Gasteiger partial charge in [-0.3, -0.25) is 14.6 Å². The molecule has 0 aliphatic rings. The maximum Gasteiger partial charge on any atom is 0.321 e. The van der Waals surface area contributed by atoms with E-state index in [4.69, 9.17) is 4.74 Å². The lowest BCUT2D eigenvalue weighted by molar-refractivity contribution is -0.148. The Morgan fingerprint density at radius 1 is 1.33 bits per heavy atom. The minimum Gasteiger partial charge on any atom is -0.465 e. The average Bonchev–Trinajstić information content (AvgIpc) is 2.35. The van der Waals surface area contributed by atoms with Crippen molar-refractivity contribution in [3.05, 3.63) is 35.9 Å². The highest BCUT2D eigenvalue weighted by atomic mass is 16.5. The summed E-state index contributed by atoms with van der Waals surface area (Å²) in [5.41, 5.74) is 1.03. The maximum atomic E-state index is 11.5. The van der Waals surface area contributed by atoms with Crippen LogP contribution in [0.15, 0.2) is 35.3 Å². The molecule has 1 rings (SSSR count). The summed E-state index contributed by atoms with van der Waals surface area (Å²) in [5.74, 6) is -1.69. The van der Waals surface area contributed by atoms with Crippen LogP contribution in [-0.4, -0.2) is 24.6 Å². The van der Waals surface area contributed by atoms with Gasteiger partial charge in [-0.2, -0.15) is 0 Å². The Bertz CT molecular complexity index is 426. The number of benzene rings is 1. The van der Waals surface area contributed by atoms with Crippen LogP contribution in [-0.2, 0) is 20.9 Å². The van der Waals surface area contributed by atoms with Gasteiger partial charge in [0.1, 0.15) is 11.7 Å². The van der Waals surface area contributed by atoms with Crippen molar-refractivity contribution in [2.75, 3.05) is 6.61 Å².